The van der Waals surface area contributed by atoms with E-state index in [-0.39, 0.29) is 12.5 Å². The molecule has 0 spiro atoms. The standard InChI is InChI=1S/C12H20N4O3/c1-3-8(4-2)15-12(19)16-10(11(17)18)5-9-6-13-7-14-9/h6-8,10H,3-5H2,1-2H3,(H,13,14)(H,17,18)(H2,15,16,19). The molecule has 0 radical (unpaired) electrons. The van der Waals surface area contributed by atoms with E-state index in [2.05, 4.69) is 20.6 Å². The fourth-order valence-corrected chi connectivity index (χ4v) is 1.69. The van der Waals surface area contributed by atoms with Crippen molar-refractivity contribution in [1.82, 2.24) is 20.6 Å². The van der Waals surface area contributed by atoms with Gasteiger partial charge in [-0.15, -0.1) is 0 Å². The summed E-state index contributed by atoms with van der Waals surface area (Å²) in [7, 11) is 0. The van der Waals surface area contributed by atoms with E-state index in [1.807, 2.05) is 13.8 Å². The predicted molar refractivity (Wildman–Crippen MR) is 69.8 cm³/mol. The maximum atomic E-state index is 11.7. The van der Waals surface area contributed by atoms with Crippen molar-refractivity contribution in [3.8, 4) is 0 Å². The van der Waals surface area contributed by atoms with Gasteiger partial charge in [-0.2, -0.15) is 0 Å². The minimum atomic E-state index is -1.07. The highest BCUT2D eigenvalue weighted by Gasteiger charge is 2.21. The van der Waals surface area contributed by atoms with Crippen molar-refractivity contribution in [2.75, 3.05) is 0 Å². The number of aliphatic carboxylic acids is 1. The lowest BCUT2D eigenvalue weighted by atomic mass is 10.1. The van der Waals surface area contributed by atoms with E-state index in [4.69, 9.17) is 5.11 Å². The van der Waals surface area contributed by atoms with Crippen LogP contribution in [0.1, 0.15) is 32.4 Å². The van der Waals surface area contributed by atoms with Crippen molar-refractivity contribution in [3.63, 3.8) is 0 Å². The summed E-state index contributed by atoms with van der Waals surface area (Å²) in [6, 6.07) is -1.38. The second kappa shape index (κ2) is 7.40. The van der Waals surface area contributed by atoms with E-state index in [1.54, 1.807) is 0 Å². The molecule has 19 heavy (non-hydrogen) atoms. The minimum absolute atomic E-state index is 0.0570. The summed E-state index contributed by atoms with van der Waals surface area (Å²) in [5.74, 6) is -1.07. The summed E-state index contributed by atoms with van der Waals surface area (Å²) >= 11 is 0. The number of imidazole rings is 1. The molecule has 7 nitrogen and oxygen atoms in total. The van der Waals surface area contributed by atoms with Gasteiger partial charge in [-0.1, -0.05) is 13.8 Å². The zero-order valence-corrected chi connectivity index (χ0v) is 11.1. The van der Waals surface area contributed by atoms with Crippen molar-refractivity contribution in [3.05, 3.63) is 18.2 Å². The first-order valence-corrected chi connectivity index (χ1v) is 6.33. The van der Waals surface area contributed by atoms with E-state index >= 15 is 0 Å². The van der Waals surface area contributed by atoms with E-state index in [9.17, 15) is 9.59 Å². The van der Waals surface area contributed by atoms with Gasteiger partial charge in [0, 0.05) is 24.4 Å². The first-order chi connectivity index (χ1) is 9.06. The third-order valence-electron chi connectivity index (χ3n) is 2.90. The zero-order chi connectivity index (χ0) is 14.3. The number of carbonyl (C=O) groups is 2. The Bertz CT molecular complexity index is 401. The van der Waals surface area contributed by atoms with Gasteiger partial charge in [-0.05, 0) is 12.8 Å². The molecular formula is C12H20N4O3. The highest BCUT2D eigenvalue weighted by molar-refractivity contribution is 5.82. The Hall–Kier alpha value is -2.05. The highest BCUT2D eigenvalue weighted by Crippen LogP contribution is 2.00. The van der Waals surface area contributed by atoms with E-state index in [1.165, 1.54) is 12.5 Å². The van der Waals surface area contributed by atoms with Crippen LogP contribution in [0, 0.1) is 0 Å². The number of carboxylic acid groups (broad SMARTS) is 1. The van der Waals surface area contributed by atoms with Crippen LogP contribution in [-0.2, 0) is 11.2 Å². The van der Waals surface area contributed by atoms with Gasteiger partial charge < -0.3 is 20.7 Å². The number of H-pyrrole nitrogens is 1. The number of hydrogen-bond donors (Lipinski definition) is 4. The molecule has 0 aliphatic carbocycles. The lowest BCUT2D eigenvalue weighted by molar-refractivity contribution is -0.139. The largest absolute Gasteiger partial charge is 0.480 e. The highest BCUT2D eigenvalue weighted by atomic mass is 16.4. The Kier molecular flexibility index (Phi) is 5.84. The normalized spacial score (nSPS) is 12.2. The molecule has 0 saturated carbocycles. The average Bonchev–Trinajstić information content (AvgIpc) is 2.87. The number of aromatic amines is 1. The molecule has 0 saturated heterocycles. The molecule has 0 fully saturated rings. The first kappa shape index (κ1) is 15.0. The number of nitrogens with zero attached hydrogens (tertiary/aromatic N) is 1. The minimum Gasteiger partial charge on any atom is -0.480 e. The summed E-state index contributed by atoms with van der Waals surface area (Å²) < 4.78 is 0. The van der Waals surface area contributed by atoms with E-state index in [0.717, 1.165) is 12.8 Å². The van der Waals surface area contributed by atoms with Crippen LogP contribution in [0.25, 0.3) is 0 Å². The molecule has 4 N–H and O–H groups in total. The molecule has 1 aromatic heterocycles. The second-order valence-electron chi connectivity index (χ2n) is 4.30. The quantitative estimate of drug-likeness (QED) is 0.589. The Labute approximate surface area is 111 Å². The second-order valence-corrected chi connectivity index (χ2v) is 4.30. The van der Waals surface area contributed by atoms with Gasteiger partial charge in [0.05, 0.1) is 6.33 Å². The van der Waals surface area contributed by atoms with Crippen LogP contribution < -0.4 is 10.6 Å². The van der Waals surface area contributed by atoms with Crippen molar-refractivity contribution in [2.45, 2.75) is 45.2 Å². The monoisotopic (exact) mass is 268 g/mol. The van der Waals surface area contributed by atoms with Gasteiger partial charge in [0.1, 0.15) is 6.04 Å². The first-order valence-electron chi connectivity index (χ1n) is 6.33. The number of nitrogens with one attached hydrogen (secondary N) is 3. The van der Waals surface area contributed by atoms with E-state index in [0.29, 0.717) is 5.69 Å². The molecule has 2 amide bonds. The van der Waals surface area contributed by atoms with Gasteiger partial charge in [0.25, 0.3) is 0 Å². The smallest absolute Gasteiger partial charge is 0.326 e. The SMILES string of the molecule is CCC(CC)NC(=O)NC(Cc1cnc[nH]1)C(=O)O. The molecule has 7 heteroatoms. The predicted octanol–water partition coefficient (Wildman–Crippen LogP) is 0.893. The van der Waals surface area contributed by atoms with Crippen LogP contribution in [0.5, 0.6) is 0 Å². The maximum Gasteiger partial charge on any atom is 0.326 e. The molecule has 0 bridgehead atoms. The van der Waals surface area contributed by atoms with Crippen molar-refractivity contribution in [1.29, 1.82) is 0 Å². The average molecular weight is 268 g/mol. The molecule has 1 rings (SSSR count). The fraction of sp³-hybridized carbons (Fsp3) is 0.583. The van der Waals surface area contributed by atoms with E-state index < -0.39 is 18.0 Å². The zero-order valence-electron chi connectivity index (χ0n) is 11.1. The number of rotatable bonds is 7. The van der Waals surface area contributed by atoms with Crippen LogP contribution in [0.15, 0.2) is 12.5 Å². The van der Waals surface area contributed by atoms with Gasteiger partial charge in [-0.25, -0.2) is 14.6 Å². The number of carbonyl (C=O) groups excluding carboxylic acids is 1. The molecule has 1 atom stereocenters. The summed E-state index contributed by atoms with van der Waals surface area (Å²) in [6.45, 7) is 3.93. The molecule has 0 aliphatic rings. The van der Waals surface area contributed by atoms with Gasteiger partial charge in [-0.3, -0.25) is 0 Å². The number of amides is 2. The summed E-state index contributed by atoms with van der Waals surface area (Å²) in [6.07, 6.45) is 4.80. The van der Waals surface area contributed by atoms with Crippen molar-refractivity contribution in [2.24, 2.45) is 0 Å². The topological polar surface area (TPSA) is 107 Å². The third-order valence-corrected chi connectivity index (χ3v) is 2.90. The summed E-state index contributed by atoms with van der Waals surface area (Å²) in [5.41, 5.74) is 0.662. The maximum absolute atomic E-state index is 11.7. The van der Waals surface area contributed by atoms with Crippen LogP contribution in [-0.4, -0.2) is 39.2 Å². The summed E-state index contributed by atoms with van der Waals surface area (Å²) in [5, 5.41) is 14.3. The van der Waals surface area contributed by atoms with Gasteiger partial charge in [0.2, 0.25) is 0 Å². The molecule has 1 aromatic rings. The molecular weight excluding hydrogens is 248 g/mol. The lowest BCUT2D eigenvalue weighted by Gasteiger charge is -2.18. The van der Waals surface area contributed by atoms with Crippen LogP contribution in [0.4, 0.5) is 4.79 Å². The fourth-order valence-electron chi connectivity index (χ4n) is 1.69. The Morgan fingerprint density at radius 2 is 2.05 bits per heavy atom. The molecule has 0 aromatic carbocycles. The number of aromatic nitrogens is 2. The van der Waals surface area contributed by atoms with Crippen LogP contribution in [0.3, 0.4) is 0 Å². The Morgan fingerprint density at radius 1 is 1.37 bits per heavy atom. The number of urea groups is 1. The number of hydrogen-bond acceptors (Lipinski definition) is 3. The molecule has 1 heterocycles. The Morgan fingerprint density at radius 3 is 2.53 bits per heavy atom. The molecule has 0 aliphatic heterocycles. The van der Waals surface area contributed by atoms with Gasteiger partial charge in [0.15, 0.2) is 0 Å². The molecule has 1 unspecified atom stereocenters. The number of carboxylic acids is 1. The van der Waals surface area contributed by atoms with Gasteiger partial charge >= 0.3 is 12.0 Å². The van der Waals surface area contributed by atoms with Crippen molar-refractivity contribution >= 4 is 12.0 Å². The molecule has 106 valence electrons. The Balaban J connectivity index is 2.53. The van der Waals surface area contributed by atoms with Crippen LogP contribution in [0.2, 0.25) is 0 Å². The lowest BCUT2D eigenvalue weighted by Crippen LogP contribution is -2.49. The summed E-state index contributed by atoms with van der Waals surface area (Å²) in [4.78, 5) is 29.4. The third kappa shape index (κ3) is 4.99. The van der Waals surface area contributed by atoms with Crippen LogP contribution >= 0.6 is 0 Å². The van der Waals surface area contributed by atoms with Crippen molar-refractivity contribution < 1.29 is 14.7 Å².